The fraction of sp³-hybridized carbons (Fsp3) is 0.903. The lowest BCUT2D eigenvalue weighted by atomic mass is 10.0. The normalized spacial score (nSPS) is 13.7. The van der Waals surface area contributed by atoms with Crippen LogP contribution in [0, 0.1) is 0 Å². The van der Waals surface area contributed by atoms with Crippen molar-refractivity contribution in [3.05, 3.63) is 12.2 Å². The van der Waals surface area contributed by atoms with Crippen molar-refractivity contribution < 1.29 is 22.9 Å². The molecule has 0 aliphatic heterocycles. The van der Waals surface area contributed by atoms with Gasteiger partial charge >= 0.3 is 0 Å². The van der Waals surface area contributed by atoms with Crippen molar-refractivity contribution in [1.82, 2.24) is 5.32 Å². The highest BCUT2D eigenvalue weighted by Gasteiger charge is 2.24. The monoisotopic (exact) mass is 559 g/mol. The smallest absolute Gasteiger partial charge is 0.267 e. The van der Waals surface area contributed by atoms with E-state index < -0.39 is 28.0 Å². The van der Waals surface area contributed by atoms with Gasteiger partial charge in [-0.25, -0.2) is 0 Å². The van der Waals surface area contributed by atoms with Crippen LogP contribution in [0.2, 0.25) is 0 Å². The topological polar surface area (TPSA) is 104 Å². The van der Waals surface area contributed by atoms with E-state index in [0.29, 0.717) is 6.42 Å². The number of amides is 1. The fourth-order valence-electron chi connectivity index (χ4n) is 4.80. The van der Waals surface area contributed by atoms with Crippen LogP contribution in [-0.2, 0) is 14.9 Å². The molecule has 0 bridgehead atoms. The van der Waals surface area contributed by atoms with E-state index >= 15 is 0 Å². The SMILES string of the molecule is CCCCC/C=C/C(O)C(CS(=O)(=O)O)NC(=O)CCCCCCCCCCCCCCCCCCCC. The van der Waals surface area contributed by atoms with Crippen LogP contribution in [0.15, 0.2) is 12.2 Å². The molecule has 0 rings (SSSR count). The van der Waals surface area contributed by atoms with Crippen molar-refractivity contribution in [2.45, 2.75) is 174 Å². The molecule has 0 heterocycles. The quantitative estimate of drug-likeness (QED) is 0.0508. The molecule has 3 N–H and O–H groups in total. The Hall–Kier alpha value is -0.920. The molecule has 0 radical (unpaired) electrons. The molecule has 2 atom stereocenters. The number of hydrogen-bond acceptors (Lipinski definition) is 4. The number of allylic oxidation sites excluding steroid dienone is 1. The van der Waals surface area contributed by atoms with Crippen LogP contribution in [0.3, 0.4) is 0 Å². The summed E-state index contributed by atoms with van der Waals surface area (Å²) in [5.74, 6) is -0.980. The van der Waals surface area contributed by atoms with Gasteiger partial charge in [-0.05, 0) is 19.3 Å². The van der Waals surface area contributed by atoms with Gasteiger partial charge in [0.15, 0.2) is 0 Å². The molecular formula is C31H61NO5S. The molecule has 7 heteroatoms. The number of nitrogens with one attached hydrogen (secondary N) is 1. The van der Waals surface area contributed by atoms with E-state index in [1.807, 2.05) is 0 Å². The van der Waals surface area contributed by atoms with Gasteiger partial charge in [-0.15, -0.1) is 0 Å². The lowest BCUT2D eigenvalue weighted by molar-refractivity contribution is -0.122. The van der Waals surface area contributed by atoms with Crippen LogP contribution in [0.25, 0.3) is 0 Å². The molecular weight excluding hydrogens is 498 g/mol. The predicted molar refractivity (Wildman–Crippen MR) is 161 cm³/mol. The molecule has 0 aromatic heterocycles. The standard InChI is InChI=1S/C31H61NO5S/c1-3-5-7-9-10-11-12-13-14-15-16-17-18-19-20-21-23-25-27-31(34)32-29(28-38(35,36)37)30(33)26-24-22-8-6-4-2/h24,26,29-30,33H,3-23,25,27-28H2,1-2H3,(H,32,34)(H,35,36,37)/b26-24+. The zero-order valence-electron chi connectivity index (χ0n) is 24.8. The average Bonchev–Trinajstić information content (AvgIpc) is 2.86. The average molecular weight is 560 g/mol. The molecule has 0 saturated carbocycles. The highest BCUT2D eigenvalue weighted by molar-refractivity contribution is 7.85. The summed E-state index contributed by atoms with van der Waals surface area (Å²) in [5.41, 5.74) is 0. The van der Waals surface area contributed by atoms with Crippen LogP contribution in [0.1, 0.15) is 162 Å². The van der Waals surface area contributed by atoms with Crippen molar-refractivity contribution in [3.63, 3.8) is 0 Å². The lowest BCUT2D eigenvalue weighted by Gasteiger charge is -2.21. The third-order valence-electron chi connectivity index (χ3n) is 7.21. The zero-order valence-corrected chi connectivity index (χ0v) is 25.6. The first kappa shape index (κ1) is 37.1. The maximum absolute atomic E-state index is 12.3. The van der Waals surface area contributed by atoms with E-state index in [2.05, 4.69) is 19.2 Å². The first-order chi connectivity index (χ1) is 18.3. The Balaban J connectivity index is 3.79. The number of hydrogen-bond donors (Lipinski definition) is 3. The largest absolute Gasteiger partial charge is 0.387 e. The first-order valence-corrected chi connectivity index (χ1v) is 17.5. The molecule has 0 aromatic rings. The first-order valence-electron chi connectivity index (χ1n) is 15.9. The number of carbonyl (C=O) groups is 1. The second-order valence-electron chi connectivity index (χ2n) is 11.1. The molecule has 0 aliphatic rings. The van der Waals surface area contributed by atoms with Crippen molar-refractivity contribution in [2.24, 2.45) is 0 Å². The van der Waals surface area contributed by atoms with Crippen molar-refractivity contribution in [1.29, 1.82) is 0 Å². The van der Waals surface area contributed by atoms with Crippen LogP contribution in [0.4, 0.5) is 0 Å². The van der Waals surface area contributed by atoms with Gasteiger partial charge in [0.2, 0.25) is 5.91 Å². The Morgan fingerprint density at radius 1 is 0.684 bits per heavy atom. The summed E-state index contributed by atoms with van der Waals surface area (Å²) in [7, 11) is -4.32. The third kappa shape index (κ3) is 26.7. The second-order valence-corrected chi connectivity index (χ2v) is 12.6. The fourth-order valence-corrected chi connectivity index (χ4v) is 5.53. The Labute approximate surface area is 235 Å². The van der Waals surface area contributed by atoms with Gasteiger partial charge in [0.05, 0.1) is 17.9 Å². The van der Waals surface area contributed by atoms with E-state index in [4.69, 9.17) is 0 Å². The van der Waals surface area contributed by atoms with Crippen molar-refractivity contribution in [3.8, 4) is 0 Å². The summed E-state index contributed by atoms with van der Waals surface area (Å²) in [4.78, 5) is 12.3. The Kier molecular flexibility index (Phi) is 25.7. The number of rotatable bonds is 28. The van der Waals surface area contributed by atoms with E-state index in [-0.39, 0.29) is 5.91 Å². The van der Waals surface area contributed by atoms with Gasteiger partial charge in [-0.1, -0.05) is 148 Å². The predicted octanol–water partition coefficient (Wildman–Crippen LogP) is 8.29. The number of carbonyl (C=O) groups excluding carboxylic acids is 1. The number of unbranched alkanes of at least 4 members (excludes halogenated alkanes) is 20. The highest BCUT2D eigenvalue weighted by atomic mass is 32.2. The summed E-state index contributed by atoms with van der Waals surface area (Å²) in [6.45, 7) is 4.38. The minimum absolute atomic E-state index is 0.284. The van der Waals surface area contributed by atoms with Crippen LogP contribution < -0.4 is 5.32 Å². The van der Waals surface area contributed by atoms with Gasteiger partial charge < -0.3 is 10.4 Å². The van der Waals surface area contributed by atoms with E-state index in [0.717, 1.165) is 44.9 Å². The summed E-state index contributed by atoms with van der Waals surface area (Å²) >= 11 is 0. The molecule has 0 fully saturated rings. The molecule has 2 unspecified atom stereocenters. The lowest BCUT2D eigenvalue weighted by Crippen LogP contribution is -2.46. The molecule has 226 valence electrons. The molecule has 1 amide bonds. The molecule has 38 heavy (non-hydrogen) atoms. The molecule has 0 saturated heterocycles. The van der Waals surface area contributed by atoms with Gasteiger partial charge in [-0.2, -0.15) is 8.42 Å². The minimum Gasteiger partial charge on any atom is -0.387 e. The zero-order chi connectivity index (χ0) is 28.3. The van der Waals surface area contributed by atoms with E-state index in [9.17, 15) is 22.9 Å². The molecule has 6 nitrogen and oxygen atoms in total. The summed E-state index contributed by atoms with van der Waals surface area (Å²) < 4.78 is 31.9. The number of aliphatic hydroxyl groups excluding tert-OH is 1. The Morgan fingerprint density at radius 2 is 1.08 bits per heavy atom. The van der Waals surface area contributed by atoms with Crippen molar-refractivity contribution in [2.75, 3.05) is 5.75 Å². The van der Waals surface area contributed by atoms with Gasteiger partial charge in [0.1, 0.15) is 0 Å². The van der Waals surface area contributed by atoms with E-state index in [1.165, 1.54) is 102 Å². The van der Waals surface area contributed by atoms with Crippen LogP contribution in [0.5, 0.6) is 0 Å². The van der Waals surface area contributed by atoms with Crippen LogP contribution >= 0.6 is 0 Å². The summed E-state index contributed by atoms with van der Waals surface area (Å²) in [6, 6.07) is -1.05. The molecule has 0 aliphatic carbocycles. The number of aliphatic hydroxyl groups is 1. The van der Waals surface area contributed by atoms with Gasteiger partial charge in [0.25, 0.3) is 10.1 Å². The summed E-state index contributed by atoms with van der Waals surface area (Å²) in [5, 5.41) is 12.9. The maximum Gasteiger partial charge on any atom is 0.267 e. The molecule has 0 aromatic carbocycles. The minimum atomic E-state index is -4.32. The summed E-state index contributed by atoms with van der Waals surface area (Å²) in [6.07, 6.45) is 29.6. The van der Waals surface area contributed by atoms with Crippen LogP contribution in [-0.4, -0.2) is 41.9 Å². The second kappa shape index (κ2) is 26.3. The maximum atomic E-state index is 12.3. The van der Waals surface area contributed by atoms with Crippen molar-refractivity contribution >= 4 is 16.0 Å². The third-order valence-corrected chi connectivity index (χ3v) is 7.99. The Morgan fingerprint density at radius 3 is 1.50 bits per heavy atom. The molecule has 0 spiro atoms. The highest BCUT2D eigenvalue weighted by Crippen LogP contribution is 2.15. The van der Waals surface area contributed by atoms with E-state index in [1.54, 1.807) is 6.08 Å². The van der Waals surface area contributed by atoms with Gasteiger partial charge in [-0.3, -0.25) is 9.35 Å². The van der Waals surface area contributed by atoms with Gasteiger partial charge in [0, 0.05) is 6.42 Å². The Bertz CT molecular complexity index is 665.